The third kappa shape index (κ3) is 4.57. The van der Waals surface area contributed by atoms with Crippen LogP contribution < -0.4 is 16.0 Å². The number of morpholine rings is 1. The molecule has 6 nitrogen and oxygen atoms in total. The molecule has 31 heavy (non-hydrogen) atoms. The van der Waals surface area contributed by atoms with Gasteiger partial charge in [0.05, 0.1) is 24.5 Å². The van der Waals surface area contributed by atoms with Crippen LogP contribution >= 0.6 is 0 Å². The summed E-state index contributed by atoms with van der Waals surface area (Å²) in [5, 5.41) is 13.2. The van der Waals surface area contributed by atoms with Gasteiger partial charge in [-0.3, -0.25) is 0 Å². The van der Waals surface area contributed by atoms with Gasteiger partial charge < -0.3 is 20.7 Å². The number of anilines is 2. The second-order valence-electron chi connectivity index (χ2n) is 7.72. The van der Waals surface area contributed by atoms with Crippen molar-refractivity contribution in [1.29, 1.82) is 0 Å². The molecule has 1 aliphatic heterocycles. The number of aryl methyl sites for hydroxylation is 2. The van der Waals surface area contributed by atoms with Crippen molar-refractivity contribution in [1.82, 2.24) is 10.2 Å². The lowest BCUT2D eigenvalue weighted by atomic mass is 10.0. The summed E-state index contributed by atoms with van der Waals surface area (Å²) >= 11 is 0. The number of nitrogens with zero attached hydrogens (tertiary/aromatic N) is 3. The molecule has 3 aromatic rings. The van der Waals surface area contributed by atoms with Crippen molar-refractivity contribution in [2.75, 3.05) is 36.5 Å². The van der Waals surface area contributed by atoms with E-state index >= 15 is 0 Å². The zero-order chi connectivity index (χ0) is 22.2. The Morgan fingerprint density at radius 1 is 1.03 bits per heavy atom. The maximum absolute atomic E-state index is 13.2. The fourth-order valence-electron chi connectivity index (χ4n) is 3.79. The van der Waals surface area contributed by atoms with E-state index in [9.17, 15) is 13.2 Å². The number of ether oxygens (including phenoxy) is 1. The third-order valence-electron chi connectivity index (χ3n) is 5.40. The van der Waals surface area contributed by atoms with Crippen molar-refractivity contribution in [3.63, 3.8) is 0 Å². The van der Waals surface area contributed by atoms with Gasteiger partial charge in [0, 0.05) is 29.5 Å². The highest BCUT2D eigenvalue weighted by Gasteiger charge is 2.31. The van der Waals surface area contributed by atoms with E-state index < -0.39 is 17.9 Å². The molecule has 1 atom stereocenters. The van der Waals surface area contributed by atoms with Crippen molar-refractivity contribution < 1.29 is 17.9 Å². The molecule has 0 aliphatic carbocycles. The standard InChI is InChI=1S/C22H24F3N5O/c1-13-9-15(11-16(10-13)22(23,24)25)20(26)27-21-19-12-17(30-5-7-31-8-6-30)3-4-18(19)14(2)28-29-21/h3-4,9-12,20H,5-8,26H2,1-2H3,(H,27,29)/t20-/m0/s1. The Morgan fingerprint density at radius 2 is 1.77 bits per heavy atom. The minimum absolute atomic E-state index is 0.326. The molecule has 0 amide bonds. The van der Waals surface area contributed by atoms with Gasteiger partial charge in [-0.15, -0.1) is 5.10 Å². The second kappa shape index (κ2) is 8.32. The number of halogens is 3. The topological polar surface area (TPSA) is 76.3 Å². The first-order valence-electron chi connectivity index (χ1n) is 10.0. The molecular weight excluding hydrogens is 407 g/mol. The monoisotopic (exact) mass is 431 g/mol. The number of fused-ring (bicyclic) bond motifs is 1. The van der Waals surface area contributed by atoms with Gasteiger partial charge in [0.15, 0.2) is 5.82 Å². The maximum atomic E-state index is 13.2. The Kier molecular flexibility index (Phi) is 5.72. The first kappa shape index (κ1) is 21.3. The van der Waals surface area contributed by atoms with Crippen LogP contribution in [0.1, 0.15) is 28.6 Å². The zero-order valence-electron chi connectivity index (χ0n) is 17.3. The van der Waals surface area contributed by atoms with Crippen LogP contribution in [0.3, 0.4) is 0 Å². The molecule has 1 aliphatic rings. The van der Waals surface area contributed by atoms with Gasteiger partial charge in [-0.05, 0) is 43.7 Å². The van der Waals surface area contributed by atoms with Gasteiger partial charge in [-0.2, -0.15) is 18.3 Å². The van der Waals surface area contributed by atoms with Crippen LogP contribution in [0.25, 0.3) is 10.8 Å². The predicted molar refractivity (Wildman–Crippen MR) is 114 cm³/mol. The highest BCUT2D eigenvalue weighted by Crippen LogP contribution is 2.33. The molecule has 9 heteroatoms. The lowest BCUT2D eigenvalue weighted by Crippen LogP contribution is -2.36. The van der Waals surface area contributed by atoms with Crippen LogP contribution in [0.4, 0.5) is 24.7 Å². The van der Waals surface area contributed by atoms with Crippen LogP contribution in [0.5, 0.6) is 0 Å². The zero-order valence-corrected chi connectivity index (χ0v) is 17.3. The van der Waals surface area contributed by atoms with Gasteiger partial charge >= 0.3 is 6.18 Å². The minimum Gasteiger partial charge on any atom is -0.378 e. The first-order valence-corrected chi connectivity index (χ1v) is 10.0. The van der Waals surface area contributed by atoms with Gasteiger partial charge in [-0.1, -0.05) is 17.7 Å². The number of nitrogens with two attached hydrogens (primary N) is 1. The van der Waals surface area contributed by atoms with E-state index in [-0.39, 0.29) is 0 Å². The van der Waals surface area contributed by atoms with Crippen molar-refractivity contribution in [3.05, 3.63) is 58.8 Å². The van der Waals surface area contributed by atoms with Gasteiger partial charge in [0.1, 0.15) is 6.17 Å². The van der Waals surface area contributed by atoms with E-state index in [2.05, 4.69) is 20.4 Å². The number of nitrogens with one attached hydrogen (secondary N) is 1. The average Bonchev–Trinajstić information content (AvgIpc) is 2.75. The summed E-state index contributed by atoms with van der Waals surface area (Å²) in [6.45, 7) is 6.38. The third-order valence-corrected chi connectivity index (χ3v) is 5.40. The smallest absolute Gasteiger partial charge is 0.378 e. The van der Waals surface area contributed by atoms with E-state index in [4.69, 9.17) is 10.5 Å². The van der Waals surface area contributed by atoms with Crippen molar-refractivity contribution in [2.45, 2.75) is 26.2 Å². The normalized spacial score (nSPS) is 15.9. The quantitative estimate of drug-likeness (QED) is 0.604. The van der Waals surface area contributed by atoms with Crippen molar-refractivity contribution in [3.8, 4) is 0 Å². The van der Waals surface area contributed by atoms with E-state index in [1.807, 2.05) is 25.1 Å². The van der Waals surface area contributed by atoms with Crippen LogP contribution in [-0.4, -0.2) is 36.5 Å². The summed E-state index contributed by atoms with van der Waals surface area (Å²) in [7, 11) is 0. The second-order valence-corrected chi connectivity index (χ2v) is 7.72. The Bertz CT molecular complexity index is 1100. The fourth-order valence-corrected chi connectivity index (χ4v) is 3.79. The van der Waals surface area contributed by atoms with E-state index in [0.717, 1.165) is 47.4 Å². The maximum Gasteiger partial charge on any atom is 0.416 e. The molecule has 3 N–H and O–H groups in total. The van der Waals surface area contributed by atoms with Crippen LogP contribution in [0.15, 0.2) is 36.4 Å². The van der Waals surface area contributed by atoms with Gasteiger partial charge in [0.25, 0.3) is 0 Å². The van der Waals surface area contributed by atoms with E-state index in [1.54, 1.807) is 13.0 Å². The number of aromatic nitrogens is 2. The summed E-state index contributed by atoms with van der Waals surface area (Å²) in [4.78, 5) is 2.22. The van der Waals surface area contributed by atoms with Crippen molar-refractivity contribution >= 4 is 22.3 Å². The molecule has 4 rings (SSSR count). The summed E-state index contributed by atoms with van der Waals surface area (Å²) in [6, 6.07) is 9.82. The highest BCUT2D eigenvalue weighted by molar-refractivity contribution is 5.95. The average molecular weight is 431 g/mol. The Morgan fingerprint density at radius 3 is 2.48 bits per heavy atom. The number of rotatable bonds is 4. The molecule has 1 aromatic heterocycles. The largest absolute Gasteiger partial charge is 0.416 e. The molecule has 2 heterocycles. The molecule has 0 bridgehead atoms. The SMILES string of the molecule is Cc1cc([C@@H](N)Nc2nnc(C)c3ccc(N4CCOCC4)cc23)cc(C(F)(F)F)c1. The molecule has 1 saturated heterocycles. The Labute approximate surface area is 178 Å². The van der Waals surface area contributed by atoms with Crippen molar-refractivity contribution in [2.24, 2.45) is 5.73 Å². The summed E-state index contributed by atoms with van der Waals surface area (Å²) < 4.78 is 45.1. The molecule has 164 valence electrons. The highest BCUT2D eigenvalue weighted by atomic mass is 19.4. The Hall–Kier alpha value is -2.91. The fraction of sp³-hybridized carbons (Fsp3) is 0.364. The van der Waals surface area contributed by atoms with Crippen LogP contribution in [-0.2, 0) is 10.9 Å². The van der Waals surface area contributed by atoms with Gasteiger partial charge in [0.2, 0.25) is 0 Å². The molecule has 0 radical (unpaired) electrons. The number of benzene rings is 2. The van der Waals surface area contributed by atoms with E-state index in [0.29, 0.717) is 30.2 Å². The van der Waals surface area contributed by atoms with Crippen LogP contribution in [0, 0.1) is 13.8 Å². The number of hydrogen-bond donors (Lipinski definition) is 2. The lowest BCUT2D eigenvalue weighted by molar-refractivity contribution is -0.137. The summed E-state index contributed by atoms with van der Waals surface area (Å²) in [5.41, 5.74) is 8.11. The molecule has 0 spiro atoms. The van der Waals surface area contributed by atoms with Crippen LogP contribution in [0.2, 0.25) is 0 Å². The molecule has 2 aromatic carbocycles. The predicted octanol–water partition coefficient (Wildman–Crippen LogP) is 4.17. The van der Waals surface area contributed by atoms with Gasteiger partial charge in [-0.25, -0.2) is 0 Å². The first-order chi connectivity index (χ1) is 14.7. The number of hydrogen-bond acceptors (Lipinski definition) is 6. The molecule has 1 fully saturated rings. The summed E-state index contributed by atoms with van der Waals surface area (Å²) in [5.74, 6) is 0.429. The lowest BCUT2D eigenvalue weighted by Gasteiger charge is -2.29. The molecule has 0 saturated carbocycles. The summed E-state index contributed by atoms with van der Waals surface area (Å²) in [6.07, 6.45) is -5.32. The minimum atomic E-state index is -4.44. The number of alkyl halides is 3. The molecular formula is C22H24F3N5O. The molecule has 0 unspecified atom stereocenters. The van der Waals surface area contributed by atoms with E-state index in [1.165, 1.54) is 0 Å². The Balaban J connectivity index is 1.69.